The molecule has 1 nitrogen and oxygen atoms in total. The van der Waals surface area contributed by atoms with Crippen LogP contribution >= 0.6 is 0 Å². The van der Waals surface area contributed by atoms with E-state index in [-0.39, 0.29) is 0 Å². The van der Waals surface area contributed by atoms with E-state index in [1.165, 1.54) is 38.5 Å². The van der Waals surface area contributed by atoms with Crippen molar-refractivity contribution in [2.75, 3.05) is 6.61 Å². The summed E-state index contributed by atoms with van der Waals surface area (Å²) in [6.45, 7) is 6.43. The van der Waals surface area contributed by atoms with Crippen molar-refractivity contribution in [2.24, 2.45) is 17.8 Å². The van der Waals surface area contributed by atoms with E-state index >= 15 is 0 Å². The van der Waals surface area contributed by atoms with Crippen molar-refractivity contribution in [1.82, 2.24) is 0 Å². The average molecular weight is 210 g/mol. The van der Waals surface area contributed by atoms with Crippen LogP contribution in [0.5, 0.6) is 0 Å². The predicted octanol–water partition coefficient (Wildman–Crippen LogP) is 3.78. The Hall–Kier alpha value is -0.300. The maximum atomic E-state index is 8.85. The summed E-state index contributed by atoms with van der Waals surface area (Å²) < 4.78 is 0. The van der Waals surface area contributed by atoms with Crippen LogP contribution in [0.2, 0.25) is 0 Å². The second kappa shape index (κ2) is 7.05. The maximum absolute atomic E-state index is 8.85. The standard InChI is InChI=1S/C14H26O/c1-3-5-8-12-13(9-6-4-2)14(12)10-7-11-15/h3,12-15H,1,4-11H2,2H3. The van der Waals surface area contributed by atoms with Gasteiger partial charge < -0.3 is 5.11 Å². The Labute approximate surface area is 94.6 Å². The SMILES string of the molecule is C=CCCC1C(CCCC)C1CCCO. The van der Waals surface area contributed by atoms with Crippen LogP contribution in [0.15, 0.2) is 12.7 Å². The molecule has 0 aromatic carbocycles. The van der Waals surface area contributed by atoms with Crippen molar-refractivity contribution in [3.63, 3.8) is 0 Å². The number of rotatable bonds is 9. The zero-order valence-electron chi connectivity index (χ0n) is 10.1. The molecule has 0 heterocycles. The van der Waals surface area contributed by atoms with Gasteiger partial charge in [0.25, 0.3) is 0 Å². The van der Waals surface area contributed by atoms with Gasteiger partial charge in [0.2, 0.25) is 0 Å². The Morgan fingerprint density at radius 1 is 1.07 bits per heavy atom. The van der Waals surface area contributed by atoms with Crippen molar-refractivity contribution < 1.29 is 5.11 Å². The Morgan fingerprint density at radius 2 is 1.67 bits per heavy atom. The van der Waals surface area contributed by atoms with Gasteiger partial charge in [0.15, 0.2) is 0 Å². The van der Waals surface area contributed by atoms with Gasteiger partial charge in [-0.05, 0) is 49.9 Å². The molecule has 1 saturated carbocycles. The molecule has 1 N–H and O–H groups in total. The molecule has 1 fully saturated rings. The van der Waals surface area contributed by atoms with E-state index in [1.54, 1.807) is 0 Å². The molecule has 3 atom stereocenters. The van der Waals surface area contributed by atoms with Gasteiger partial charge in [0, 0.05) is 6.61 Å². The molecular formula is C14H26O. The molecule has 0 spiro atoms. The van der Waals surface area contributed by atoms with E-state index in [9.17, 15) is 0 Å². The van der Waals surface area contributed by atoms with Crippen LogP contribution in [0.4, 0.5) is 0 Å². The minimum absolute atomic E-state index is 0.366. The molecule has 1 heteroatoms. The van der Waals surface area contributed by atoms with E-state index in [2.05, 4.69) is 13.5 Å². The van der Waals surface area contributed by atoms with Crippen molar-refractivity contribution in [3.05, 3.63) is 12.7 Å². The highest BCUT2D eigenvalue weighted by Gasteiger charge is 2.47. The van der Waals surface area contributed by atoms with Crippen LogP contribution in [0.1, 0.15) is 51.9 Å². The Morgan fingerprint density at radius 3 is 2.20 bits per heavy atom. The molecule has 0 saturated heterocycles. The number of aliphatic hydroxyl groups is 1. The molecule has 0 radical (unpaired) electrons. The first-order valence-electron chi connectivity index (χ1n) is 6.56. The highest BCUT2D eigenvalue weighted by atomic mass is 16.2. The summed E-state index contributed by atoms with van der Waals surface area (Å²) in [5.41, 5.74) is 0. The maximum Gasteiger partial charge on any atom is 0.0431 e. The Balaban J connectivity index is 2.22. The van der Waals surface area contributed by atoms with Gasteiger partial charge in [0.05, 0.1) is 0 Å². The van der Waals surface area contributed by atoms with Gasteiger partial charge in [-0.15, -0.1) is 6.58 Å². The molecule has 1 rings (SSSR count). The summed E-state index contributed by atoms with van der Waals surface area (Å²) in [5.74, 6) is 2.83. The van der Waals surface area contributed by atoms with E-state index in [1.807, 2.05) is 6.08 Å². The lowest BCUT2D eigenvalue weighted by atomic mass is 10.1. The van der Waals surface area contributed by atoms with Crippen LogP contribution in [-0.2, 0) is 0 Å². The van der Waals surface area contributed by atoms with Gasteiger partial charge in [-0.3, -0.25) is 0 Å². The zero-order valence-corrected chi connectivity index (χ0v) is 10.1. The summed E-state index contributed by atoms with van der Waals surface area (Å²) in [5, 5.41) is 8.85. The molecular weight excluding hydrogens is 184 g/mol. The van der Waals surface area contributed by atoms with Crippen LogP contribution in [0, 0.1) is 17.8 Å². The number of unbranched alkanes of at least 4 members (excludes halogenated alkanes) is 1. The first-order valence-corrected chi connectivity index (χ1v) is 6.56. The van der Waals surface area contributed by atoms with Crippen LogP contribution in [0.3, 0.4) is 0 Å². The van der Waals surface area contributed by atoms with Crippen LogP contribution in [0.25, 0.3) is 0 Å². The fourth-order valence-electron chi connectivity index (χ4n) is 2.89. The van der Waals surface area contributed by atoms with E-state index in [4.69, 9.17) is 5.11 Å². The van der Waals surface area contributed by atoms with Gasteiger partial charge in [-0.2, -0.15) is 0 Å². The Bertz CT molecular complexity index is 162. The first-order chi connectivity index (χ1) is 7.35. The third-order valence-corrected chi connectivity index (χ3v) is 3.80. The molecule has 0 amide bonds. The highest BCUT2D eigenvalue weighted by Crippen LogP contribution is 2.54. The zero-order chi connectivity index (χ0) is 11.1. The van der Waals surface area contributed by atoms with Crippen molar-refractivity contribution in [3.8, 4) is 0 Å². The largest absolute Gasteiger partial charge is 0.396 e. The van der Waals surface area contributed by atoms with E-state index in [0.717, 1.165) is 24.2 Å². The number of hydrogen-bond donors (Lipinski definition) is 1. The second-order valence-electron chi connectivity index (χ2n) is 4.87. The fourth-order valence-corrected chi connectivity index (χ4v) is 2.89. The number of hydrogen-bond acceptors (Lipinski definition) is 1. The van der Waals surface area contributed by atoms with Crippen molar-refractivity contribution in [2.45, 2.75) is 51.9 Å². The summed E-state index contributed by atoms with van der Waals surface area (Å²) in [4.78, 5) is 0. The smallest absolute Gasteiger partial charge is 0.0431 e. The second-order valence-corrected chi connectivity index (χ2v) is 4.87. The van der Waals surface area contributed by atoms with Gasteiger partial charge >= 0.3 is 0 Å². The quantitative estimate of drug-likeness (QED) is 0.574. The lowest BCUT2D eigenvalue weighted by Crippen LogP contribution is -1.88. The summed E-state index contributed by atoms with van der Waals surface area (Å²) in [6, 6.07) is 0. The molecule has 0 aliphatic heterocycles. The lowest BCUT2D eigenvalue weighted by Gasteiger charge is -1.96. The molecule has 3 unspecified atom stereocenters. The lowest BCUT2D eigenvalue weighted by molar-refractivity contribution is 0.279. The minimum atomic E-state index is 0.366. The minimum Gasteiger partial charge on any atom is -0.396 e. The van der Waals surface area contributed by atoms with Gasteiger partial charge in [-0.25, -0.2) is 0 Å². The summed E-state index contributed by atoms with van der Waals surface area (Å²) in [6.07, 6.45) is 10.9. The fraction of sp³-hybridized carbons (Fsp3) is 0.857. The topological polar surface area (TPSA) is 20.2 Å². The highest BCUT2D eigenvalue weighted by molar-refractivity contribution is 4.97. The molecule has 0 aromatic rings. The first kappa shape index (κ1) is 12.8. The summed E-state index contributed by atoms with van der Waals surface area (Å²) >= 11 is 0. The number of allylic oxidation sites excluding steroid dienone is 1. The van der Waals surface area contributed by atoms with Crippen LogP contribution < -0.4 is 0 Å². The molecule has 88 valence electrons. The molecule has 1 aliphatic carbocycles. The van der Waals surface area contributed by atoms with E-state index in [0.29, 0.717) is 6.61 Å². The normalized spacial score (nSPS) is 29.1. The molecule has 0 bridgehead atoms. The van der Waals surface area contributed by atoms with Crippen molar-refractivity contribution in [1.29, 1.82) is 0 Å². The van der Waals surface area contributed by atoms with Crippen LogP contribution in [-0.4, -0.2) is 11.7 Å². The van der Waals surface area contributed by atoms with E-state index < -0.39 is 0 Å². The van der Waals surface area contributed by atoms with Gasteiger partial charge in [-0.1, -0.05) is 25.8 Å². The predicted molar refractivity (Wildman–Crippen MR) is 65.7 cm³/mol. The summed E-state index contributed by atoms with van der Waals surface area (Å²) in [7, 11) is 0. The average Bonchev–Trinajstić information content (AvgIpc) is 2.93. The molecule has 1 aliphatic rings. The molecule has 15 heavy (non-hydrogen) atoms. The number of aliphatic hydroxyl groups excluding tert-OH is 1. The third kappa shape index (κ3) is 3.98. The monoisotopic (exact) mass is 210 g/mol. The third-order valence-electron chi connectivity index (χ3n) is 3.80. The van der Waals surface area contributed by atoms with Gasteiger partial charge in [0.1, 0.15) is 0 Å². The van der Waals surface area contributed by atoms with Crippen molar-refractivity contribution >= 4 is 0 Å². The molecule has 0 aromatic heterocycles. The Kier molecular flexibility index (Phi) is 6.00.